The van der Waals surface area contributed by atoms with Crippen molar-refractivity contribution < 1.29 is 0 Å². The molecule has 20 aromatic carbocycles. The molecule has 0 aliphatic rings. The van der Waals surface area contributed by atoms with Gasteiger partial charge in [0.05, 0.1) is 16.1 Å². The van der Waals surface area contributed by atoms with E-state index in [1.165, 1.54) is 203 Å². The third-order valence-electron chi connectivity index (χ3n) is 24.2. The molecule has 0 unspecified atom stereocenters. The Labute approximate surface area is 684 Å². The van der Waals surface area contributed by atoms with E-state index in [0.717, 1.165) is 43.3 Å². The Morgan fingerprint density at radius 1 is 0.154 bits per heavy atom. The monoisotopic (exact) mass is 1540 g/mol. The summed E-state index contributed by atoms with van der Waals surface area (Å²) < 4.78 is 5.09. The van der Waals surface area contributed by atoms with Gasteiger partial charge in [0.15, 0.2) is 0 Å². The maximum absolute atomic E-state index is 5.55. The van der Waals surface area contributed by atoms with E-state index in [1.54, 1.807) is 22.7 Å². The molecule has 542 valence electrons. The van der Waals surface area contributed by atoms with Gasteiger partial charge in [-0.2, -0.15) is 0 Å². The maximum atomic E-state index is 5.55. The molecular weight excluding hydrogens is 1470 g/mol. The summed E-state index contributed by atoms with van der Waals surface area (Å²) in [6, 6.07) is 139. The number of fused-ring (bicyclic) bond motifs is 33. The molecule has 0 bridgehead atoms. The van der Waals surface area contributed by atoms with Gasteiger partial charge in [-0.05, 0) is 218 Å². The molecule has 0 radical (unpaired) electrons. The van der Waals surface area contributed by atoms with Gasteiger partial charge >= 0.3 is 0 Å². The predicted molar refractivity (Wildman–Crippen MR) is 509 cm³/mol. The average Bonchev–Trinajstić information content (AvgIpc) is 1.69. The van der Waals surface area contributed by atoms with E-state index < -0.39 is 0 Å². The molecule has 0 fully saturated rings. The van der Waals surface area contributed by atoms with Gasteiger partial charge in [-0.3, -0.25) is 0 Å². The van der Waals surface area contributed by atoms with Crippen LogP contribution in [0, 0.1) is 0 Å². The molecule has 0 spiro atoms. The Balaban J connectivity index is 0.000000103. The third-order valence-corrected chi connectivity index (χ3v) is 27.6. The van der Waals surface area contributed by atoms with Crippen LogP contribution in [-0.4, -0.2) is 15.0 Å². The Bertz CT molecular complexity index is 8540. The smallest absolute Gasteiger partial charge is 0.124 e. The van der Waals surface area contributed by atoms with Crippen LogP contribution in [0.1, 0.15) is 0 Å². The van der Waals surface area contributed by atoms with Crippen LogP contribution in [0.2, 0.25) is 0 Å². The molecule has 3 nitrogen and oxygen atoms in total. The molecule has 0 amide bonds. The lowest BCUT2D eigenvalue weighted by Gasteiger charge is -2.14. The fourth-order valence-electron chi connectivity index (χ4n) is 18.8. The summed E-state index contributed by atoms with van der Waals surface area (Å²) in [6.07, 6.45) is 4.03. The van der Waals surface area contributed by atoms with E-state index >= 15 is 0 Å². The zero-order valence-electron chi connectivity index (χ0n) is 63.1. The fraction of sp³-hybridized carbons (Fsp3) is 0. The van der Waals surface area contributed by atoms with E-state index in [9.17, 15) is 0 Å². The molecule has 0 N–H and O–H groups in total. The zero-order chi connectivity index (χ0) is 76.8. The summed E-state index contributed by atoms with van der Waals surface area (Å²) in [4.78, 5) is 17.4. The van der Waals surface area contributed by atoms with E-state index in [0.29, 0.717) is 0 Å². The van der Waals surface area contributed by atoms with Crippen LogP contribution in [0.3, 0.4) is 0 Å². The van der Waals surface area contributed by atoms with Crippen molar-refractivity contribution in [1.29, 1.82) is 0 Å². The van der Waals surface area contributed by atoms with Crippen molar-refractivity contribution in [2.24, 2.45) is 0 Å². The molecule has 0 saturated carbocycles. The van der Waals surface area contributed by atoms with Crippen molar-refractivity contribution in [2.45, 2.75) is 0 Å². The topological polar surface area (TPSA) is 38.7 Å². The normalized spacial score (nSPS) is 11.9. The van der Waals surface area contributed by atoms with Crippen LogP contribution < -0.4 is 0 Å². The van der Waals surface area contributed by atoms with Crippen molar-refractivity contribution in [3.63, 3.8) is 0 Å². The van der Waals surface area contributed by atoms with E-state index in [-0.39, 0.29) is 0 Å². The van der Waals surface area contributed by atoms with Gasteiger partial charge in [0, 0.05) is 81.1 Å². The van der Waals surface area contributed by atoms with Crippen molar-refractivity contribution in [3.05, 3.63) is 395 Å². The highest BCUT2D eigenvalue weighted by atomic mass is 32.1. The lowest BCUT2D eigenvalue weighted by molar-refractivity contribution is 1.37. The van der Waals surface area contributed by atoms with Crippen LogP contribution in [0.4, 0.5) is 0 Å². The van der Waals surface area contributed by atoms with E-state index in [2.05, 4.69) is 382 Å². The van der Waals surface area contributed by atoms with Crippen LogP contribution in [0.25, 0.3) is 246 Å². The zero-order valence-corrected chi connectivity index (χ0v) is 65.5. The summed E-state index contributed by atoms with van der Waals surface area (Å²) in [7, 11) is 0. The molecular formula is C111H65N3S3. The Kier molecular flexibility index (Phi) is 15.6. The summed E-state index contributed by atoms with van der Waals surface area (Å²) in [5.41, 5.74) is 11.4. The number of aromatic nitrogens is 3. The first-order valence-corrected chi connectivity index (χ1v) is 42.3. The maximum Gasteiger partial charge on any atom is 0.124 e. The first-order chi connectivity index (χ1) is 58.0. The molecule has 0 atom stereocenters. The molecule has 0 saturated heterocycles. The molecule has 26 rings (SSSR count). The largest absolute Gasteiger partial charge is 0.246 e. The van der Waals surface area contributed by atoms with Crippen LogP contribution in [-0.2, 0) is 0 Å². The number of benzene rings is 20. The highest BCUT2D eigenvalue weighted by Gasteiger charge is 2.21. The van der Waals surface area contributed by atoms with Crippen molar-refractivity contribution in [1.82, 2.24) is 15.0 Å². The first kappa shape index (κ1) is 67.2. The van der Waals surface area contributed by atoms with Gasteiger partial charge in [0.1, 0.15) is 9.66 Å². The highest BCUT2D eigenvalue weighted by Crippen LogP contribution is 2.48. The fourth-order valence-corrected chi connectivity index (χ4v) is 22.0. The van der Waals surface area contributed by atoms with Gasteiger partial charge in [0.25, 0.3) is 0 Å². The minimum atomic E-state index is 0.994. The SMILES string of the molecule is c1cc(-c2cnc3sc4ccccc4c3c2)cc(-c2ccc3c4ccccc4c4ccccc4c3c2)c1.c1ccc2c(c1)sc1c(-c3ccc4c5ccccc5c5ccccc5c4c3)nc(-c3ccc4c5ccccc5c5ccccc5c4c3)cc12.c1ccc2c(c1)sc1ncc(-c3ccc4c5ccccc5c5ccccc5c4c3)cc12. The lowest BCUT2D eigenvalue weighted by Crippen LogP contribution is -1.91. The summed E-state index contributed by atoms with van der Waals surface area (Å²) in [6.45, 7) is 0. The van der Waals surface area contributed by atoms with E-state index in [4.69, 9.17) is 15.0 Å². The Hall–Kier alpha value is -14.4. The average molecular weight is 1540 g/mol. The molecule has 6 aromatic heterocycles. The second-order valence-electron chi connectivity index (χ2n) is 30.7. The van der Waals surface area contributed by atoms with Gasteiger partial charge in [-0.25, -0.2) is 15.0 Å². The minimum absolute atomic E-state index is 0.994. The summed E-state index contributed by atoms with van der Waals surface area (Å²) >= 11 is 5.36. The quantitative estimate of drug-likeness (QED) is 0.161. The molecule has 0 aliphatic heterocycles. The highest BCUT2D eigenvalue weighted by molar-refractivity contribution is 7.26. The number of pyridine rings is 3. The molecule has 26 aromatic rings. The van der Waals surface area contributed by atoms with Crippen molar-refractivity contribution in [2.75, 3.05) is 0 Å². The molecule has 117 heavy (non-hydrogen) atoms. The van der Waals surface area contributed by atoms with Crippen LogP contribution in [0.5, 0.6) is 0 Å². The van der Waals surface area contributed by atoms with Gasteiger partial charge < -0.3 is 0 Å². The van der Waals surface area contributed by atoms with Gasteiger partial charge in [0.2, 0.25) is 0 Å². The van der Waals surface area contributed by atoms with Crippen LogP contribution in [0.15, 0.2) is 395 Å². The van der Waals surface area contributed by atoms with Gasteiger partial charge in [-0.1, -0.05) is 315 Å². The van der Waals surface area contributed by atoms with Crippen molar-refractivity contribution in [3.8, 4) is 55.9 Å². The number of thiophene rings is 3. The van der Waals surface area contributed by atoms with Crippen LogP contribution >= 0.6 is 34.0 Å². The molecule has 6 heteroatoms. The molecule has 6 heterocycles. The number of rotatable bonds is 5. The first-order valence-electron chi connectivity index (χ1n) is 39.8. The summed E-state index contributed by atoms with van der Waals surface area (Å²) in [5, 5.41) is 38.5. The van der Waals surface area contributed by atoms with Crippen molar-refractivity contribution >= 4 is 224 Å². The van der Waals surface area contributed by atoms with E-state index in [1.807, 2.05) is 23.7 Å². The number of hydrogen-bond donors (Lipinski definition) is 0. The minimum Gasteiger partial charge on any atom is -0.246 e. The summed E-state index contributed by atoms with van der Waals surface area (Å²) in [5.74, 6) is 0. The Morgan fingerprint density at radius 3 is 0.769 bits per heavy atom. The predicted octanol–water partition coefficient (Wildman–Crippen LogP) is 32.5. The second-order valence-corrected chi connectivity index (χ2v) is 33.8. The number of hydrogen-bond acceptors (Lipinski definition) is 6. The van der Waals surface area contributed by atoms with Gasteiger partial charge in [-0.15, -0.1) is 34.0 Å². The second kappa shape index (κ2) is 27.2. The standard InChI is InChI=1S/C47H27NS.C35H21NS.C29H17NS/c1-3-15-34-30(11-1)32-13-5-7-17-36(32)41-25-28(21-23-38(34)41)44-27-43-40-19-9-10-20-45(40)49-47(43)46(48-44)29-22-24-39-35-16-4-2-12-31(35)33-14-6-8-18-37(33)42(39)26-29;1-2-12-28-26(10-1)27-11-3-4-13-29(27)32-19-24(16-17-30(28)32)22-8-7-9-23(18-22)25-20-33-31-14-5-6-15-34(31)37-35(33)36-21-25;1-2-9-22-20(7-1)21-8-3-4-10-23(21)26-15-18(13-14-24(22)26)19-16-27-25-11-5-6-12-28(25)31-29(27)30-17-19/h1-27H;1-21H;1-17H. The Morgan fingerprint density at radius 2 is 0.402 bits per heavy atom. The molecule has 0 aliphatic carbocycles. The number of nitrogens with zero attached hydrogens (tertiary/aromatic N) is 3. The lowest BCUT2D eigenvalue weighted by atomic mass is 9.91. The third kappa shape index (κ3) is 11.0.